The lowest BCUT2D eigenvalue weighted by Crippen LogP contribution is -1.81. The number of aromatic nitrogens is 2. The van der Waals surface area contributed by atoms with Gasteiger partial charge in [-0.05, 0) is 59.7 Å². The molecule has 0 fully saturated rings. The SMILES string of the molecule is C(#Cc1ccc(-c2ccc(C#Cc3ccncc3)cc2)cc1)c1ccncc1. The Kier molecular flexibility index (Phi) is 5.24. The Hall–Kier alpha value is -4.14. The highest BCUT2D eigenvalue weighted by Crippen LogP contribution is 2.20. The number of nitrogens with zero attached hydrogens (tertiary/aromatic N) is 2. The van der Waals surface area contributed by atoms with Gasteiger partial charge in [0.1, 0.15) is 0 Å². The predicted octanol–water partition coefficient (Wildman–Crippen LogP) is 4.94. The van der Waals surface area contributed by atoms with Crippen molar-refractivity contribution in [1.82, 2.24) is 9.97 Å². The third-order valence-electron chi connectivity index (χ3n) is 4.17. The van der Waals surface area contributed by atoms with Crippen LogP contribution < -0.4 is 0 Å². The zero-order valence-corrected chi connectivity index (χ0v) is 15.1. The van der Waals surface area contributed by atoms with Crippen molar-refractivity contribution < 1.29 is 0 Å². The fourth-order valence-corrected chi connectivity index (χ4v) is 2.65. The molecule has 0 saturated heterocycles. The van der Waals surface area contributed by atoms with Crippen LogP contribution >= 0.6 is 0 Å². The van der Waals surface area contributed by atoms with E-state index in [-0.39, 0.29) is 0 Å². The summed E-state index contributed by atoms with van der Waals surface area (Å²) in [5.74, 6) is 12.7. The Morgan fingerprint density at radius 1 is 0.357 bits per heavy atom. The van der Waals surface area contributed by atoms with Gasteiger partial charge in [0.2, 0.25) is 0 Å². The van der Waals surface area contributed by atoms with Crippen molar-refractivity contribution in [1.29, 1.82) is 0 Å². The molecule has 130 valence electrons. The summed E-state index contributed by atoms with van der Waals surface area (Å²) in [7, 11) is 0. The van der Waals surface area contributed by atoms with Crippen molar-refractivity contribution in [2.75, 3.05) is 0 Å². The van der Waals surface area contributed by atoms with Gasteiger partial charge in [-0.3, -0.25) is 9.97 Å². The van der Waals surface area contributed by atoms with Crippen molar-refractivity contribution in [3.63, 3.8) is 0 Å². The van der Waals surface area contributed by atoms with Crippen LogP contribution in [0.3, 0.4) is 0 Å². The van der Waals surface area contributed by atoms with Gasteiger partial charge in [0.15, 0.2) is 0 Å². The molecular weight excluding hydrogens is 340 g/mol. The van der Waals surface area contributed by atoms with Crippen LogP contribution in [0.25, 0.3) is 11.1 Å². The minimum atomic E-state index is 0.961. The molecule has 2 nitrogen and oxygen atoms in total. The summed E-state index contributed by atoms with van der Waals surface area (Å²) in [4.78, 5) is 8.00. The highest BCUT2D eigenvalue weighted by Gasteiger charge is 1.98. The Balaban J connectivity index is 1.48. The van der Waals surface area contributed by atoms with Crippen molar-refractivity contribution in [3.8, 4) is 34.8 Å². The lowest BCUT2D eigenvalue weighted by atomic mass is 10.0. The standard InChI is InChI=1S/C26H16N2/c1(3-23-13-17-27-18-14-23)21-5-9-25(10-6-21)26-11-7-22(8-12-26)2-4-24-15-19-28-20-16-24/h5-20H. The number of benzene rings is 2. The molecule has 0 aliphatic carbocycles. The molecule has 0 saturated carbocycles. The van der Waals surface area contributed by atoms with Crippen LogP contribution in [-0.4, -0.2) is 9.97 Å². The van der Waals surface area contributed by atoms with Gasteiger partial charge in [0, 0.05) is 47.0 Å². The Bertz CT molecular complexity index is 1070. The van der Waals surface area contributed by atoms with Crippen LogP contribution in [0.1, 0.15) is 22.3 Å². The number of rotatable bonds is 1. The number of pyridine rings is 2. The Labute approximate surface area is 165 Å². The Morgan fingerprint density at radius 2 is 0.643 bits per heavy atom. The fraction of sp³-hybridized carbons (Fsp3) is 0. The minimum Gasteiger partial charge on any atom is -0.265 e. The lowest BCUT2D eigenvalue weighted by molar-refractivity contribution is 1.32. The molecule has 2 heterocycles. The summed E-state index contributed by atoms with van der Waals surface area (Å²) < 4.78 is 0. The van der Waals surface area contributed by atoms with Crippen LogP contribution in [-0.2, 0) is 0 Å². The van der Waals surface area contributed by atoms with Gasteiger partial charge in [0.25, 0.3) is 0 Å². The molecule has 0 radical (unpaired) electrons. The van der Waals surface area contributed by atoms with Gasteiger partial charge < -0.3 is 0 Å². The fourth-order valence-electron chi connectivity index (χ4n) is 2.65. The molecule has 0 atom stereocenters. The second kappa shape index (κ2) is 8.49. The third-order valence-corrected chi connectivity index (χ3v) is 4.17. The molecule has 2 aromatic carbocycles. The summed E-state index contributed by atoms with van der Waals surface area (Å²) >= 11 is 0. The average Bonchev–Trinajstić information content (AvgIpc) is 2.78. The zero-order chi connectivity index (χ0) is 19.0. The summed E-state index contributed by atoms with van der Waals surface area (Å²) in [5, 5.41) is 0. The maximum absolute atomic E-state index is 4.00. The first-order valence-corrected chi connectivity index (χ1v) is 8.91. The monoisotopic (exact) mass is 356 g/mol. The van der Waals surface area contributed by atoms with E-state index in [2.05, 4.69) is 57.9 Å². The van der Waals surface area contributed by atoms with Gasteiger partial charge in [0.05, 0.1) is 0 Å². The lowest BCUT2D eigenvalue weighted by Gasteiger charge is -2.02. The smallest absolute Gasteiger partial charge is 0.0280 e. The van der Waals surface area contributed by atoms with E-state index in [1.165, 1.54) is 0 Å². The van der Waals surface area contributed by atoms with E-state index in [4.69, 9.17) is 0 Å². The topological polar surface area (TPSA) is 25.8 Å². The van der Waals surface area contributed by atoms with Crippen molar-refractivity contribution in [2.24, 2.45) is 0 Å². The van der Waals surface area contributed by atoms with Crippen LogP contribution in [0, 0.1) is 23.7 Å². The van der Waals surface area contributed by atoms with Gasteiger partial charge in [-0.15, -0.1) is 0 Å². The van der Waals surface area contributed by atoms with Crippen LogP contribution in [0.4, 0.5) is 0 Å². The third kappa shape index (κ3) is 4.52. The molecule has 4 aromatic rings. The van der Waals surface area contributed by atoms with Crippen molar-refractivity contribution in [3.05, 3.63) is 120 Å². The second-order valence-electron chi connectivity index (χ2n) is 6.13. The van der Waals surface area contributed by atoms with Gasteiger partial charge in [-0.1, -0.05) is 47.9 Å². The first-order valence-electron chi connectivity index (χ1n) is 8.91. The van der Waals surface area contributed by atoms with Crippen LogP contribution in [0.5, 0.6) is 0 Å². The van der Waals surface area contributed by atoms with Gasteiger partial charge in [-0.2, -0.15) is 0 Å². The molecule has 0 unspecified atom stereocenters. The summed E-state index contributed by atoms with van der Waals surface area (Å²) in [6, 6.07) is 24.1. The van der Waals surface area contributed by atoms with Crippen LogP contribution in [0.15, 0.2) is 97.6 Å². The average molecular weight is 356 g/mol. The molecule has 0 aliphatic heterocycles. The first-order chi connectivity index (χ1) is 13.9. The summed E-state index contributed by atoms with van der Waals surface area (Å²) in [5.41, 5.74) is 6.21. The quantitative estimate of drug-likeness (QED) is 0.451. The van der Waals surface area contributed by atoms with Crippen molar-refractivity contribution in [2.45, 2.75) is 0 Å². The van der Waals surface area contributed by atoms with E-state index in [9.17, 15) is 0 Å². The van der Waals surface area contributed by atoms with E-state index in [1.807, 2.05) is 48.5 Å². The molecule has 0 amide bonds. The molecule has 2 aromatic heterocycles. The molecule has 0 spiro atoms. The molecule has 0 N–H and O–H groups in total. The normalized spacial score (nSPS) is 9.57. The van der Waals surface area contributed by atoms with Gasteiger partial charge >= 0.3 is 0 Å². The molecule has 4 rings (SSSR count). The molecular formula is C26H16N2. The van der Waals surface area contributed by atoms with Gasteiger partial charge in [-0.25, -0.2) is 0 Å². The molecule has 28 heavy (non-hydrogen) atoms. The van der Waals surface area contributed by atoms with E-state index in [0.717, 1.165) is 33.4 Å². The predicted molar refractivity (Wildman–Crippen MR) is 112 cm³/mol. The maximum atomic E-state index is 4.00. The minimum absolute atomic E-state index is 0.961. The number of hydrogen-bond donors (Lipinski definition) is 0. The summed E-state index contributed by atoms with van der Waals surface area (Å²) in [6.45, 7) is 0. The Morgan fingerprint density at radius 3 is 0.964 bits per heavy atom. The zero-order valence-electron chi connectivity index (χ0n) is 15.1. The molecule has 2 heteroatoms. The highest BCUT2D eigenvalue weighted by molar-refractivity contribution is 5.65. The number of hydrogen-bond acceptors (Lipinski definition) is 2. The highest BCUT2D eigenvalue weighted by atomic mass is 14.6. The van der Waals surface area contributed by atoms with Crippen LogP contribution in [0.2, 0.25) is 0 Å². The van der Waals surface area contributed by atoms with Crippen molar-refractivity contribution >= 4 is 0 Å². The van der Waals surface area contributed by atoms with E-state index in [1.54, 1.807) is 24.8 Å². The molecule has 0 aliphatic rings. The largest absolute Gasteiger partial charge is 0.265 e. The van der Waals surface area contributed by atoms with E-state index in [0.29, 0.717) is 0 Å². The van der Waals surface area contributed by atoms with E-state index >= 15 is 0 Å². The van der Waals surface area contributed by atoms with E-state index < -0.39 is 0 Å². The molecule has 0 bridgehead atoms. The second-order valence-corrected chi connectivity index (χ2v) is 6.13. The maximum Gasteiger partial charge on any atom is 0.0280 e. The first kappa shape index (κ1) is 17.3. The summed E-state index contributed by atoms with van der Waals surface area (Å²) in [6.07, 6.45) is 6.99.